The number of ether oxygens (including phenoxy) is 1. The molecule has 7 rings (SSSR count). The first-order valence-corrected chi connectivity index (χ1v) is 13.6. The molecule has 3 nitrogen and oxygen atoms in total. The monoisotopic (exact) mass is 480 g/mol. The van der Waals surface area contributed by atoms with E-state index in [4.69, 9.17) is 4.74 Å². The summed E-state index contributed by atoms with van der Waals surface area (Å²) >= 11 is 0. The highest BCUT2D eigenvalue weighted by Gasteiger charge is 2.51. The van der Waals surface area contributed by atoms with E-state index >= 15 is 8.78 Å². The van der Waals surface area contributed by atoms with Crippen molar-refractivity contribution in [1.82, 2.24) is 5.32 Å². The normalized spacial score (nSPS) is 33.0. The third kappa shape index (κ3) is 4.34. The zero-order valence-corrected chi connectivity index (χ0v) is 21.0. The van der Waals surface area contributed by atoms with Crippen molar-refractivity contribution < 1.29 is 13.5 Å². The fourth-order valence-corrected chi connectivity index (χ4v) is 8.14. The van der Waals surface area contributed by atoms with E-state index in [0.717, 1.165) is 74.0 Å². The molecule has 1 heterocycles. The Morgan fingerprint density at radius 2 is 1.66 bits per heavy atom. The van der Waals surface area contributed by atoms with E-state index in [9.17, 15) is 0 Å². The summed E-state index contributed by atoms with van der Waals surface area (Å²) in [7, 11) is 1.68. The molecule has 2 aromatic rings. The first-order chi connectivity index (χ1) is 16.9. The summed E-state index contributed by atoms with van der Waals surface area (Å²) in [6.07, 6.45) is 11.3. The maximum atomic E-state index is 15.6. The zero-order valence-electron chi connectivity index (χ0n) is 21.0. The second-order valence-electron chi connectivity index (χ2n) is 11.9. The van der Waals surface area contributed by atoms with Crippen molar-refractivity contribution in [2.45, 2.75) is 88.8 Å². The number of fused-ring (bicyclic) bond motifs is 1. The van der Waals surface area contributed by atoms with Gasteiger partial charge in [0.05, 0.1) is 13.2 Å². The van der Waals surface area contributed by atoms with E-state index in [-0.39, 0.29) is 23.3 Å². The molecule has 2 atom stereocenters. The molecule has 0 spiro atoms. The molecule has 1 aliphatic heterocycles. The number of hydrogen-bond donors (Lipinski definition) is 2. The molecule has 0 amide bonds. The number of anilines is 1. The van der Waals surface area contributed by atoms with Crippen LogP contribution in [0.4, 0.5) is 14.5 Å². The van der Waals surface area contributed by atoms with Crippen LogP contribution in [0.2, 0.25) is 0 Å². The van der Waals surface area contributed by atoms with Crippen molar-refractivity contribution >= 4 is 5.69 Å². The summed E-state index contributed by atoms with van der Waals surface area (Å²) in [5, 5.41) is 7.14. The highest BCUT2D eigenvalue weighted by atomic mass is 19.1. The lowest BCUT2D eigenvalue weighted by Crippen LogP contribution is -2.55. The van der Waals surface area contributed by atoms with E-state index < -0.39 is 11.6 Å². The van der Waals surface area contributed by atoms with Crippen LogP contribution in [0.1, 0.15) is 87.4 Å². The van der Waals surface area contributed by atoms with E-state index in [1.807, 2.05) is 12.1 Å². The van der Waals surface area contributed by atoms with Crippen molar-refractivity contribution in [3.63, 3.8) is 0 Å². The van der Waals surface area contributed by atoms with Gasteiger partial charge in [0.25, 0.3) is 0 Å². The zero-order chi connectivity index (χ0) is 24.2. The number of rotatable bonds is 7. The van der Waals surface area contributed by atoms with Gasteiger partial charge in [-0.1, -0.05) is 25.8 Å². The lowest BCUT2D eigenvalue weighted by molar-refractivity contribution is 0.0104. The molecule has 4 bridgehead atoms. The molecule has 2 aromatic carbocycles. The minimum absolute atomic E-state index is 0.0731. The maximum Gasteiger partial charge on any atom is 0.149 e. The Bertz CT molecular complexity index is 1040. The predicted molar refractivity (Wildman–Crippen MR) is 136 cm³/mol. The molecule has 0 radical (unpaired) electrons. The van der Waals surface area contributed by atoms with Gasteiger partial charge in [-0.3, -0.25) is 0 Å². The summed E-state index contributed by atoms with van der Waals surface area (Å²) in [5.41, 5.74) is 2.88. The number of halogens is 2. The van der Waals surface area contributed by atoms with Crippen molar-refractivity contribution in [3.8, 4) is 5.75 Å². The quantitative estimate of drug-likeness (QED) is 0.442. The van der Waals surface area contributed by atoms with Crippen LogP contribution in [0.5, 0.6) is 5.75 Å². The minimum Gasteiger partial charge on any atom is -0.497 e. The molecule has 5 aliphatic rings. The Morgan fingerprint density at radius 3 is 2.26 bits per heavy atom. The largest absolute Gasteiger partial charge is 0.497 e. The second kappa shape index (κ2) is 9.06. The summed E-state index contributed by atoms with van der Waals surface area (Å²) in [4.78, 5) is 0. The molecule has 4 saturated carbocycles. The topological polar surface area (TPSA) is 33.3 Å². The van der Waals surface area contributed by atoms with E-state index in [2.05, 4.69) is 23.6 Å². The number of methoxy groups -OCH3 is 1. The Labute approximate surface area is 208 Å². The predicted octanol–water partition coefficient (Wildman–Crippen LogP) is 7.15. The number of benzene rings is 2. The maximum absolute atomic E-state index is 15.6. The van der Waals surface area contributed by atoms with Gasteiger partial charge < -0.3 is 15.4 Å². The Balaban J connectivity index is 1.30. The summed E-state index contributed by atoms with van der Waals surface area (Å²) < 4.78 is 36.6. The third-order valence-electron chi connectivity index (χ3n) is 9.26. The van der Waals surface area contributed by atoms with Crippen molar-refractivity contribution in [3.05, 3.63) is 58.7 Å². The molecule has 4 aliphatic carbocycles. The molecular formula is C30H38F2N2O. The lowest BCUT2D eigenvalue weighted by Gasteiger charge is -2.57. The Morgan fingerprint density at radius 1 is 1.00 bits per heavy atom. The van der Waals surface area contributed by atoms with Crippen molar-refractivity contribution in [2.24, 2.45) is 17.8 Å². The second-order valence-corrected chi connectivity index (χ2v) is 11.9. The molecular weight excluding hydrogens is 442 g/mol. The van der Waals surface area contributed by atoms with Gasteiger partial charge in [-0.25, -0.2) is 8.78 Å². The molecule has 188 valence electrons. The van der Waals surface area contributed by atoms with Gasteiger partial charge in [0, 0.05) is 11.6 Å². The standard InChI is InChI=1S/C30H38F2N2O/c1-3-4-5-23-11-21-12-24(35-2)6-7-25(21)28(33-23)22-13-26(31)29(27(32)14-22)34-30-15-18-8-19(16-30)10-20(9-18)17-30/h6-7,12-14,18-20,23,28,33-34H,3-5,8-11,15-17H2,1-2H3/t18?,19?,20?,23-,28-,30?/m0/s1. The summed E-state index contributed by atoms with van der Waals surface area (Å²) in [6.45, 7) is 2.19. The van der Waals surface area contributed by atoms with Gasteiger partial charge in [0.2, 0.25) is 0 Å². The molecule has 0 unspecified atom stereocenters. The highest BCUT2D eigenvalue weighted by molar-refractivity contribution is 5.53. The third-order valence-corrected chi connectivity index (χ3v) is 9.26. The van der Waals surface area contributed by atoms with Gasteiger partial charge in [-0.15, -0.1) is 0 Å². The molecule has 35 heavy (non-hydrogen) atoms. The van der Waals surface area contributed by atoms with Crippen molar-refractivity contribution in [2.75, 3.05) is 12.4 Å². The molecule has 0 aromatic heterocycles. The van der Waals surface area contributed by atoms with Crippen LogP contribution in [0.25, 0.3) is 0 Å². The van der Waals surface area contributed by atoms with Gasteiger partial charge in [0.1, 0.15) is 23.1 Å². The average Bonchev–Trinajstić information content (AvgIpc) is 2.83. The van der Waals surface area contributed by atoms with Gasteiger partial charge >= 0.3 is 0 Å². The van der Waals surface area contributed by atoms with Crippen molar-refractivity contribution in [1.29, 1.82) is 0 Å². The Kier molecular flexibility index (Phi) is 6.03. The van der Waals surface area contributed by atoms with Gasteiger partial charge in [0.15, 0.2) is 0 Å². The Hall–Kier alpha value is -2.14. The average molecular weight is 481 g/mol. The fourth-order valence-electron chi connectivity index (χ4n) is 8.14. The first-order valence-electron chi connectivity index (χ1n) is 13.6. The summed E-state index contributed by atoms with van der Waals surface area (Å²) in [6, 6.07) is 9.21. The highest BCUT2D eigenvalue weighted by Crippen LogP contribution is 2.57. The smallest absolute Gasteiger partial charge is 0.149 e. The summed E-state index contributed by atoms with van der Waals surface area (Å²) in [5.74, 6) is 2.05. The number of nitrogens with one attached hydrogen (secondary N) is 2. The van der Waals surface area contributed by atoms with E-state index in [1.54, 1.807) is 19.2 Å². The SMILES string of the molecule is CCCC[C@H]1Cc2cc(OC)ccc2[C@H](c2cc(F)c(NC34CC5CC(CC(C5)C3)C4)c(F)c2)N1. The first kappa shape index (κ1) is 23.3. The molecule has 2 N–H and O–H groups in total. The van der Waals surface area contributed by atoms with Crippen LogP contribution in [-0.2, 0) is 6.42 Å². The van der Waals surface area contributed by atoms with E-state index in [0.29, 0.717) is 5.56 Å². The van der Waals surface area contributed by atoms with Crippen LogP contribution in [-0.4, -0.2) is 18.7 Å². The van der Waals surface area contributed by atoms with Crippen LogP contribution in [0, 0.1) is 29.4 Å². The fraction of sp³-hybridized carbons (Fsp3) is 0.600. The van der Waals surface area contributed by atoms with Gasteiger partial charge in [-0.2, -0.15) is 0 Å². The van der Waals surface area contributed by atoms with Gasteiger partial charge in [-0.05, 0) is 110 Å². The van der Waals surface area contributed by atoms with Crippen LogP contribution >= 0.6 is 0 Å². The van der Waals surface area contributed by atoms with Crippen LogP contribution in [0.3, 0.4) is 0 Å². The van der Waals surface area contributed by atoms with Crippen LogP contribution in [0.15, 0.2) is 30.3 Å². The number of hydrogen-bond acceptors (Lipinski definition) is 3. The molecule has 5 heteroatoms. The minimum atomic E-state index is -0.469. The lowest BCUT2D eigenvalue weighted by atomic mass is 9.53. The molecule has 4 fully saturated rings. The van der Waals surface area contributed by atoms with E-state index in [1.165, 1.54) is 24.8 Å². The molecule has 0 saturated heterocycles. The van der Waals surface area contributed by atoms with Crippen LogP contribution < -0.4 is 15.4 Å². The number of unbranched alkanes of at least 4 members (excludes halogenated alkanes) is 1.